The lowest BCUT2D eigenvalue weighted by Crippen LogP contribution is -1.92. The normalized spacial score (nSPS) is 11.0. The number of fused-ring (bicyclic) bond motifs is 1. The van der Waals surface area contributed by atoms with E-state index in [-0.39, 0.29) is 0 Å². The summed E-state index contributed by atoms with van der Waals surface area (Å²) in [7, 11) is 1.88. The molecule has 0 aliphatic heterocycles. The van der Waals surface area contributed by atoms with Gasteiger partial charge in [-0.15, -0.1) is 0 Å². The van der Waals surface area contributed by atoms with Gasteiger partial charge in [-0.2, -0.15) is 0 Å². The standard InChI is InChI=1S/C10H9BrFN/c1-13-9(6-12)5-7-4-8(11)2-3-10(7)13/h2-5H,6H2,1H3. The fraction of sp³-hybridized carbons (Fsp3) is 0.200. The molecular formula is C10H9BrFN. The minimum absolute atomic E-state index is 0.414. The van der Waals surface area contributed by atoms with Crippen LogP contribution >= 0.6 is 15.9 Å². The van der Waals surface area contributed by atoms with Gasteiger partial charge >= 0.3 is 0 Å². The summed E-state index contributed by atoms with van der Waals surface area (Å²) in [6.07, 6.45) is 0. The highest BCUT2D eigenvalue weighted by Crippen LogP contribution is 2.23. The molecule has 0 atom stereocenters. The van der Waals surface area contributed by atoms with Crippen LogP contribution in [-0.2, 0) is 13.7 Å². The van der Waals surface area contributed by atoms with E-state index in [1.807, 2.05) is 35.9 Å². The quantitative estimate of drug-likeness (QED) is 0.722. The Kier molecular flexibility index (Phi) is 2.12. The number of aromatic nitrogens is 1. The van der Waals surface area contributed by atoms with E-state index in [1.54, 1.807) is 0 Å². The average molecular weight is 242 g/mol. The molecule has 1 aromatic heterocycles. The lowest BCUT2D eigenvalue weighted by atomic mass is 10.2. The monoisotopic (exact) mass is 241 g/mol. The highest BCUT2D eigenvalue weighted by Gasteiger charge is 2.04. The number of rotatable bonds is 1. The van der Waals surface area contributed by atoms with E-state index in [9.17, 15) is 4.39 Å². The molecule has 2 rings (SSSR count). The van der Waals surface area contributed by atoms with E-state index in [2.05, 4.69) is 15.9 Å². The minimum atomic E-state index is -0.414. The second kappa shape index (κ2) is 3.14. The molecule has 0 saturated carbocycles. The Bertz CT molecular complexity index is 447. The van der Waals surface area contributed by atoms with Crippen LogP contribution in [0.5, 0.6) is 0 Å². The third-order valence-corrected chi connectivity index (χ3v) is 2.73. The summed E-state index contributed by atoms with van der Waals surface area (Å²) in [5.74, 6) is 0. The summed E-state index contributed by atoms with van der Waals surface area (Å²) in [5, 5.41) is 1.07. The van der Waals surface area contributed by atoms with Crippen molar-refractivity contribution < 1.29 is 4.39 Å². The number of alkyl halides is 1. The molecule has 1 heterocycles. The van der Waals surface area contributed by atoms with Gasteiger partial charge in [0.15, 0.2) is 0 Å². The first-order valence-electron chi connectivity index (χ1n) is 4.02. The van der Waals surface area contributed by atoms with Crippen LogP contribution in [0, 0.1) is 0 Å². The molecule has 13 heavy (non-hydrogen) atoms. The van der Waals surface area contributed by atoms with Gasteiger partial charge in [-0.3, -0.25) is 0 Å². The second-order valence-electron chi connectivity index (χ2n) is 3.03. The zero-order valence-electron chi connectivity index (χ0n) is 7.22. The van der Waals surface area contributed by atoms with E-state index in [1.165, 1.54) is 0 Å². The molecule has 0 amide bonds. The van der Waals surface area contributed by atoms with Gasteiger partial charge in [0.2, 0.25) is 0 Å². The largest absolute Gasteiger partial charge is 0.345 e. The zero-order chi connectivity index (χ0) is 9.42. The summed E-state index contributed by atoms with van der Waals surface area (Å²) in [5.41, 5.74) is 1.78. The fourth-order valence-electron chi connectivity index (χ4n) is 1.51. The molecule has 0 bridgehead atoms. The first-order chi connectivity index (χ1) is 6.22. The Balaban J connectivity index is 2.76. The zero-order valence-corrected chi connectivity index (χ0v) is 8.81. The van der Waals surface area contributed by atoms with Crippen molar-refractivity contribution in [3.63, 3.8) is 0 Å². The van der Waals surface area contributed by atoms with Gasteiger partial charge in [-0.05, 0) is 24.3 Å². The van der Waals surface area contributed by atoms with E-state index >= 15 is 0 Å². The molecule has 2 aromatic rings. The van der Waals surface area contributed by atoms with E-state index in [0.717, 1.165) is 15.4 Å². The number of aryl methyl sites for hydroxylation is 1. The van der Waals surface area contributed by atoms with Crippen LogP contribution in [0.4, 0.5) is 4.39 Å². The summed E-state index contributed by atoms with van der Waals surface area (Å²) in [4.78, 5) is 0. The number of hydrogen-bond acceptors (Lipinski definition) is 0. The van der Waals surface area contributed by atoms with Gasteiger partial charge in [-0.25, -0.2) is 4.39 Å². The van der Waals surface area contributed by atoms with Gasteiger partial charge in [0.05, 0.1) is 0 Å². The number of benzene rings is 1. The van der Waals surface area contributed by atoms with Crippen molar-refractivity contribution in [1.29, 1.82) is 0 Å². The van der Waals surface area contributed by atoms with Gasteiger partial charge in [0.25, 0.3) is 0 Å². The van der Waals surface area contributed by atoms with E-state index < -0.39 is 6.67 Å². The topological polar surface area (TPSA) is 4.93 Å². The van der Waals surface area contributed by atoms with Crippen molar-refractivity contribution in [3.05, 3.63) is 34.4 Å². The van der Waals surface area contributed by atoms with Gasteiger partial charge in [0.1, 0.15) is 6.67 Å². The van der Waals surface area contributed by atoms with Gasteiger partial charge in [0, 0.05) is 28.1 Å². The molecule has 0 N–H and O–H groups in total. The summed E-state index contributed by atoms with van der Waals surface area (Å²) in [6.45, 7) is -0.414. The first-order valence-corrected chi connectivity index (χ1v) is 4.81. The minimum Gasteiger partial charge on any atom is -0.345 e. The average Bonchev–Trinajstić information content (AvgIpc) is 2.42. The van der Waals surface area contributed by atoms with Crippen LogP contribution in [0.1, 0.15) is 5.69 Å². The Hall–Kier alpha value is -0.830. The molecule has 68 valence electrons. The maximum absolute atomic E-state index is 12.5. The molecule has 0 radical (unpaired) electrons. The van der Waals surface area contributed by atoms with Crippen LogP contribution in [0.15, 0.2) is 28.7 Å². The predicted octanol–water partition coefficient (Wildman–Crippen LogP) is 3.41. The smallest absolute Gasteiger partial charge is 0.129 e. The van der Waals surface area contributed by atoms with Crippen LogP contribution < -0.4 is 0 Å². The highest BCUT2D eigenvalue weighted by molar-refractivity contribution is 9.10. The third-order valence-electron chi connectivity index (χ3n) is 2.24. The van der Waals surface area contributed by atoms with Crippen molar-refractivity contribution in [1.82, 2.24) is 4.57 Å². The summed E-state index contributed by atoms with van der Waals surface area (Å²) < 4.78 is 15.4. The van der Waals surface area contributed by atoms with Crippen molar-refractivity contribution in [2.24, 2.45) is 7.05 Å². The van der Waals surface area contributed by atoms with Crippen LogP contribution in [0.25, 0.3) is 10.9 Å². The molecule has 3 heteroatoms. The van der Waals surface area contributed by atoms with Crippen molar-refractivity contribution in [2.45, 2.75) is 6.67 Å². The fourth-order valence-corrected chi connectivity index (χ4v) is 1.88. The number of halogens is 2. The second-order valence-corrected chi connectivity index (χ2v) is 3.95. The maximum Gasteiger partial charge on any atom is 0.129 e. The van der Waals surface area contributed by atoms with E-state index in [0.29, 0.717) is 5.69 Å². The van der Waals surface area contributed by atoms with Crippen LogP contribution in [0.2, 0.25) is 0 Å². The van der Waals surface area contributed by atoms with Crippen molar-refractivity contribution in [2.75, 3.05) is 0 Å². The number of hydrogen-bond donors (Lipinski definition) is 0. The first kappa shape index (κ1) is 8.75. The molecule has 0 unspecified atom stereocenters. The third kappa shape index (κ3) is 1.37. The highest BCUT2D eigenvalue weighted by atomic mass is 79.9. The van der Waals surface area contributed by atoms with Gasteiger partial charge < -0.3 is 4.57 Å². The Morgan fingerprint density at radius 2 is 2.15 bits per heavy atom. The summed E-state index contributed by atoms with van der Waals surface area (Å²) >= 11 is 3.39. The molecule has 0 aliphatic rings. The Labute approximate surface area is 84.3 Å². The molecule has 0 spiro atoms. The molecule has 0 saturated heterocycles. The number of nitrogens with zero attached hydrogens (tertiary/aromatic N) is 1. The van der Waals surface area contributed by atoms with Gasteiger partial charge in [-0.1, -0.05) is 15.9 Å². The molecular weight excluding hydrogens is 233 g/mol. The van der Waals surface area contributed by atoms with E-state index in [4.69, 9.17) is 0 Å². The van der Waals surface area contributed by atoms with Crippen LogP contribution in [-0.4, -0.2) is 4.57 Å². The Morgan fingerprint density at radius 3 is 2.85 bits per heavy atom. The summed E-state index contributed by atoms with van der Waals surface area (Å²) in [6, 6.07) is 7.82. The van der Waals surface area contributed by atoms with Crippen LogP contribution in [0.3, 0.4) is 0 Å². The van der Waals surface area contributed by atoms with Crippen molar-refractivity contribution in [3.8, 4) is 0 Å². The lowest BCUT2D eigenvalue weighted by Gasteiger charge is -1.98. The predicted molar refractivity (Wildman–Crippen MR) is 55.4 cm³/mol. The SMILES string of the molecule is Cn1c(CF)cc2cc(Br)ccc21. The molecule has 0 aliphatic carbocycles. The molecule has 1 nitrogen and oxygen atoms in total. The molecule has 0 fully saturated rings. The lowest BCUT2D eigenvalue weighted by molar-refractivity contribution is 0.467. The Morgan fingerprint density at radius 1 is 1.38 bits per heavy atom. The van der Waals surface area contributed by atoms with Crippen molar-refractivity contribution >= 4 is 26.8 Å². The molecule has 1 aromatic carbocycles. The maximum atomic E-state index is 12.5.